The standard InChI is InChI=1S/C21H20ClNO4/c22-14-3-7-16(8-4-14)27-17-9-5-15(6-10-17)23-20(24)18-12-1-2-13(11-12)19(18)21(25)26/h3-10,12-13,18-19H,1-2,11H2,(H,23,24)(H,25,26)/t12-,13-,18+,19+/m1/s1. The molecule has 6 heteroatoms. The van der Waals surface area contributed by atoms with E-state index >= 15 is 0 Å². The minimum Gasteiger partial charge on any atom is -0.481 e. The Morgan fingerprint density at radius 3 is 2.07 bits per heavy atom. The van der Waals surface area contributed by atoms with Crippen molar-refractivity contribution in [3.63, 3.8) is 0 Å². The number of carboxylic acids is 1. The van der Waals surface area contributed by atoms with E-state index in [0.29, 0.717) is 22.2 Å². The maximum atomic E-state index is 12.7. The third-order valence-corrected chi connectivity index (χ3v) is 5.93. The highest BCUT2D eigenvalue weighted by molar-refractivity contribution is 6.30. The van der Waals surface area contributed by atoms with Gasteiger partial charge in [0.15, 0.2) is 0 Å². The van der Waals surface area contributed by atoms with E-state index in [1.54, 1.807) is 48.5 Å². The summed E-state index contributed by atoms with van der Waals surface area (Å²) >= 11 is 5.86. The van der Waals surface area contributed by atoms with Gasteiger partial charge in [-0.15, -0.1) is 0 Å². The number of nitrogens with one attached hydrogen (secondary N) is 1. The number of hydrogen-bond donors (Lipinski definition) is 2. The Morgan fingerprint density at radius 2 is 1.48 bits per heavy atom. The first-order valence-electron chi connectivity index (χ1n) is 9.08. The molecular weight excluding hydrogens is 366 g/mol. The molecule has 0 saturated heterocycles. The van der Waals surface area contributed by atoms with Crippen molar-refractivity contribution in [2.75, 3.05) is 5.32 Å². The predicted octanol–water partition coefficient (Wildman–Crippen LogP) is 4.82. The van der Waals surface area contributed by atoms with E-state index in [2.05, 4.69) is 5.32 Å². The Bertz CT molecular complexity index is 849. The van der Waals surface area contributed by atoms with E-state index in [0.717, 1.165) is 19.3 Å². The number of hydrogen-bond acceptors (Lipinski definition) is 3. The fourth-order valence-electron chi connectivity index (χ4n) is 4.49. The van der Waals surface area contributed by atoms with Crippen molar-refractivity contribution in [3.8, 4) is 11.5 Å². The lowest BCUT2D eigenvalue weighted by Crippen LogP contribution is -2.37. The highest BCUT2D eigenvalue weighted by atomic mass is 35.5. The van der Waals surface area contributed by atoms with Crippen LogP contribution in [-0.4, -0.2) is 17.0 Å². The third-order valence-electron chi connectivity index (χ3n) is 5.68. The molecule has 0 aliphatic heterocycles. The monoisotopic (exact) mass is 385 g/mol. The minimum atomic E-state index is -0.853. The Balaban J connectivity index is 1.41. The van der Waals surface area contributed by atoms with Crippen molar-refractivity contribution >= 4 is 29.2 Å². The summed E-state index contributed by atoms with van der Waals surface area (Å²) in [6, 6.07) is 14.1. The highest BCUT2D eigenvalue weighted by Gasteiger charge is 2.53. The zero-order valence-electron chi connectivity index (χ0n) is 14.6. The van der Waals surface area contributed by atoms with Crippen LogP contribution < -0.4 is 10.1 Å². The van der Waals surface area contributed by atoms with Crippen LogP contribution in [0.2, 0.25) is 5.02 Å². The van der Waals surface area contributed by atoms with E-state index < -0.39 is 17.8 Å². The Labute approximate surface area is 162 Å². The van der Waals surface area contributed by atoms with Gasteiger partial charge in [-0.25, -0.2) is 0 Å². The van der Waals surface area contributed by atoms with E-state index in [-0.39, 0.29) is 17.7 Å². The SMILES string of the molecule is O=C(O)[C@H]1[C@@H]2CC[C@H](C2)[C@@H]1C(=O)Nc1ccc(Oc2ccc(Cl)cc2)cc1. The van der Waals surface area contributed by atoms with E-state index in [9.17, 15) is 14.7 Å². The topological polar surface area (TPSA) is 75.6 Å². The second kappa shape index (κ2) is 7.24. The van der Waals surface area contributed by atoms with Crippen molar-refractivity contribution in [1.29, 1.82) is 0 Å². The summed E-state index contributed by atoms with van der Waals surface area (Å²) in [4.78, 5) is 24.3. The summed E-state index contributed by atoms with van der Waals surface area (Å²) in [5, 5.41) is 13.0. The summed E-state index contributed by atoms with van der Waals surface area (Å²) in [6.07, 6.45) is 2.71. The minimum absolute atomic E-state index is 0.137. The number of fused-ring (bicyclic) bond motifs is 2. The van der Waals surface area contributed by atoms with Crippen LogP contribution in [-0.2, 0) is 9.59 Å². The molecule has 1 amide bonds. The van der Waals surface area contributed by atoms with Crippen molar-refractivity contribution in [2.45, 2.75) is 19.3 Å². The fourth-order valence-corrected chi connectivity index (χ4v) is 4.62. The quantitative estimate of drug-likeness (QED) is 0.773. The number of carbonyl (C=O) groups is 2. The van der Waals surface area contributed by atoms with E-state index in [4.69, 9.17) is 16.3 Å². The van der Waals surface area contributed by atoms with Crippen LogP contribution in [0.25, 0.3) is 0 Å². The third kappa shape index (κ3) is 3.65. The molecule has 0 unspecified atom stereocenters. The lowest BCUT2D eigenvalue weighted by Gasteiger charge is -2.27. The van der Waals surface area contributed by atoms with Crippen molar-refractivity contribution in [1.82, 2.24) is 0 Å². The number of carboxylic acid groups (broad SMARTS) is 1. The average Bonchev–Trinajstić information content (AvgIpc) is 3.26. The smallest absolute Gasteiger partial charge is 0.307 e. The van der Waals surface area contributed by atoms with Crippen LogP contribution in [0, 0.1) is 23.7 Å². The first kappa shape index (κ1) is 17.9. The summed E-state index contributed by atoms with van der Waals surface area (Å²) in [5.41, 5.74) is 0.635. The van der Waals surface area contributed by atoms with E-state index in [1.807, 2.05) is 0 Å². The first-order chi connectivity index (χ1) is 13.0. The van der Waals surface area contributed by atoms with Gasteiger partial charge in [0.2, 0.25) is 5.91 Å². The molecule has 2 fully saturated rings. The van der Waals surface area contributed by atoms with Gasteiger partial charge in [-0.2, -0.15) is 0 Å². The van der Waals surface area contributed by atoms with Gasteiger partial charge in [-0.1, -0.05) is 11.6 Å². The van der Waals surface area contributed by atoms with Gasteiger partial charge in [0.25, 0.3) is 0 Å². The molecular formula is C21H20ClNO4. The van der Waals surface area contributed by atoms with Crippen molar-refractivity contribution < 1.29 is 19.4 Å². The van der Waals surface area contributed by atoms with Gasteiger partial charge in [0, 0.05) is 10.7 Å². The molecule has 0 spiro atoms. The normalized spacial score (nSPS) is 26.0. The second-order valence-corrected chi connectivity index (χ2v) is 7.73. The molecule has 0 radical (unpaired) electrons. The van der Waals surface area contributed by atoms with Crippen LogP contribution in [0.1, 0.15) is 19.3 Å². The molecule has 2 N–H and O–H groups in total. The molecule has 4 atom stereocenters. The number of benzene rings is 2. The summed E-state index contributed by atoms with van der Waals surface area (Å²) < 4.78 is 5.73. The molecule has 2 bridgehead atoms. The van der Waals surface area contributed by atoms with Crippen LogP contribution >= 0.6 is 11.6 Å². The molecule has 2 aliphatic carbocycles. The maximum Gasteiger partial charge on any atom is 0.307 e. The zero-order valence-corrected chi connectivity index (χ0v) is 15.4. The number of aliphatic carboxylic acids is 1. The van der Waals surface area contributed by atoms with Gasteiger partial charge in [0.1, 0.15) is 11.5 Å². The summed E-state index contributed by atoms with van der Waals surface area (Å²) in [7, 11) is 0. The van der Waals surface area contributed by atoms with Crippen LogP contribution in [0.4, 0.5) is 5.69 Å². The van der Waals surface area contributed by atoms with Gasteiger partial charge in [-0.05, 0) is 79.6 Å². The molecule has 140 valence electrons. The predicted molar refractivity (Wildman–Crippen MR) is 102 cm³/mol. The van der Waals surface area contributed by atoms with Gasteiger partial charge >= 0.3 is 5.97 Å². The molecule has 0 aromatic heterocycles. The molecule has 0 heterocycles. The number of carbonyl (C=O) groups excluding carboxylic acids is 1. The molecule has 27 heavy (non-hydrogen) atoms. The summed E-state index contributed by atoms with van der Waals surface area (Å²) in [6.45, 7) is 0. The number of halogens is 1. The first-order valence-corrected chi connectivity index (χ1v) is 9.46. The average molecular weight is 386 g/mol. The second-order valence-electron chi connectivity index (χ2n) is 7.29. The molecule has 2 aromatic rings. The Kier molecular flexibility index (Phi) is 4.79. The maximum absolute atomic E-state index is 12.7. The van der Waals surface area contributed by atoms with Crippen LogP contribution in [0.3, 0.4) is 0 Å². The molecule has 2 aliphatic rings. The van der Waals surface area contributed by atoms with Crippen LogP contribution in [0.15, 0.2) is 48.5 Å². The molecule has 2 saturated carbocycles. The molecule has 5 nitrogen and oxygen atoms in total. The molecule has 2 aromatic carbocycles. The van der Waals surface area contributed by atoms with Gasteiger partial charge in [-0.3, -0.25) is 9.59 Å². The highest BCUT2D eigenvalue weighted by Crippen LogP contribution is 2.52. The number of amides is 1. The summed E-state index contributed by atoms with van der Waals surface area (Å²) in [5.74, 6) is -0.416. The number of anilines is 1. The van der Waals surface area contributed by atoms with Crippen molar-refractivity contribution in [2.24, 2.45) is 23.7 Å². The van der Waals surface area contributed by atoms with Crippen LogP contribution in [0.5, 0.6) is 11.5 Å². The molecule has 4 rings (SSSR count). The Hall–Kier alpha value is -2.53. The largest absolute Gasteiger partial charge is 0.481 e. The fraction of sp³-hybridized carbons (Fsp3) is 0.333. The lowest BCUT2D eigenvalue weighted by atomic mass is 9.78. The zero-order chi connectivity index (χ0) is 19.0. The van der Waals surface area contributed by atoms with Crippen molar-refractivity contribution in [3.05, 3.63) is 53.6 Å². The Morgan fingerprint density at radius 1 is 0.926 bits per heavy atom. The van der Waals surface area contributed by atoms with Gasteiger partial charge in [0.05, 0.1) is 11.8 Å². The van der Waals surface area contributed by atoms with E-state index in [1.165, 1.54) is 0 Å². The van der Waals surface area contributed by atoms with Gasteiger partial charge < -0.3 is 15.2 Å². The lowest BCUT2D eigenvalue weighted by molar-refractivity contribution is -0.148. The number of rotatable bonds is 5. The number of ether oxygens (including phenoxy) is 1.